The zero-order valence-electron chi connectivity index (χ0n) is 14.7. The van der Waals surface area contributed by atoms with Gasteiger partial charge < -0.3 is 18.9 Å². The summed E-state index contributed by atoms with van der Waals surface area (Å²) in [5.41, 5.74) is 1.42. The van der Waals surface area contributed by atoms with E-state index in [2.05, 4.69) is 37.3 Å². The molecule has 0 radical (unpaired) electrons. The molecule has 0 aromatic heterocycles. The molecular weight excluding hydrogens is 292 g/mol. The lowest BCUT2D eigenvalue weighted by Gasteiger charge is -2.11. The van der Waals surface area contributed by atoms with Crippen molar-refractivity contribution in [3.8, 4) is 0 Å². The van der Waals surface area contributed by atoms with Gasteiger partial charge in [-0.15, -0.1) is 0 Å². The lowest BCUT2D eigenvalue weighted by atomic mass is 9.97. The molecule has 1 aromatic rings. The summed E-state index contributed by atoms with van der Waals surface area (Å²) < 4.78 is 21.2. The van der Waals surface area contributed by atoms with Crippen molar-refractivity contribution >= 4 is 0 Å². The van der Waals surface area contributed by atoms with Crippen molar-refractivity contribution in [3.63, 3.8) is 0 Å². The van der Waals surface area contributed by atoms with Crippen molar-refractivity contribution in [2.75, 3.05) is 53.4 Å². The predicted molar refractivity (Wildman–Crippen MR) is 92.9 cm³/mol. The Morgan fingerprint density at radius 2 is 1.35 bits per heavy atom. The van der Waals surface area contributed by atoms with Crippen molar-refractivity contribution in [2.24, 2.45) is 5.92 Å². The van der Waals surface area contributed by atoms with Gasteiger partial charge in [-0.05, 0) is 30.7 Å². The summed E-state index contributed by atoms with van der Waals surface area (Å²) in [7, 11) is 1.67. The van der Waals surface area contributed by atoms with Gasteiger partial charge in [-0.2, -0.15) is 0 Å². The Labute approximate surface area is 141 Å². The number of methoxy groups -OCH3 is 1. The number of hydrogen-bond acceptors (Lipinski definition) is 4. The minimum Gasteiger partial charge on any atom is -0.382 e. The third kappa shape index (κ3) is 12.2. The van der Waals surface area contributed by atoms with Crippen LogP contribution in [0.1, 0.15) is 25.3 Å². The summed E-state index contributed by atoms with van der Waals surface area (Å²) in [6.45, 7) is 6.88. The SMILES string of the molecule is COCCOCCOCCOCCCC(C)Cc1ccccc1. The average Bonchev–Trinajstić information content (AvgIpc) is 2.57. The highest BCUT2D eigenvalue weighted by atomic mass is 16.6. The molecule has 4 nitrogen and oxygen atoms in total. The van der Waals surface area contributed by atoms with Gasteiger partial charge in [0.25, 0.3) is 0 Å². The Bertz CT molecular complexity index is 356. The highest BCUT2D eigenvalue weighted by Crippen LogP contribution is 2.13. The van der Waals surface area contributed by atoms with Gasteiger partial charge in [-0.3, -0.25) is 0 Å². The molecule has 0 aliphatic carbocycles. The Balaban J connectivity index is 1.82. The average molecular weight is 324 g/mol. The van der Waals surface area contributed by atoms with E-state index in [1.807, 2.05) is 0 Å². The van der Waals surface area contributed by atoms with Gasteiger partial charge in [0, 0.05) is 13.7 Å². The molecule has 0 fully saturated rings. The molecule has 0 N–H and O–H groups in total. The molecule has 0 amide bonds. The number of hydrogen-bond donors (Lipinski definition) is 0. The Morgan fingerprint density at radius 1 is 0.783 bits per heavy atom. The molecule has 0 saturated heterocycles. The van der Waals surface area contributed by atoms with E-state index in [0.717, 1.165) is 19.4 Å². The molecule has 0 saturated carbocycles. The molecule has 1 aromatic carbocycles. The fourth-order valence-electron chi connectivity index (χ4n) is 2.34. The van der Waals surface area contributed by atoms with Crippen molar-refractivity contribution < 1.29 is 18.9 Å². The van der Waals surface area contributed by atoms with E-state index in [-0.39, 0.29) is 0 Å². The molecule has 0 aliphatic rings. The van der Waals surface area contributed by atoms with Crippen molar-refractivity contribution in [3.05, 3.63) is 35.9 Å². The molecule has 1 atom stereocenters. The number of benzene rings is 1. The molecule has 4 heteroatoms. The molecule has 0 aliphatic heterocycles. The summed E-state index contributed by atoms with van der Waals surface area (Å²) in [5.74, 6) is 0.696. The Kier molecular flexibility index (Phi) is 12.8. The maximum Gasteiger partial charge on any atom is 0.0701 e. The Morgan fingerprint density at radius 3 is 1.96 bits per heavy atom. The molecule has 0 heterocycles. The van der Waals surface area contributed by atoms with Crippen molar-refractivity contribution in [1.29, 1.82) is 0 Å². The molecule has 0 bridgehead atoms. The van der Waals surface area contributed by atoms with Gasteiger partial charge in [0.2, 0.25) is 0 Å². The fourth-order valence-corrected chi connectivity index (χ4v) is 2.34. The van der Waals surface area contributed by atoms with Crippen LogP contribution in [0.4, 0.5) is 0 Å². The van der Waals surface area contributed by atoms with E-state index in [0.29, 0.717) is 45.6 Å². The monoisotopic (exact) mass is 324 g/mol. The second kappa shape index (κ2) is 14.6. The van der Waals surface area contributed by atoms with Crippen LogP contribution >= 0.6 is 0 Å². The van der Waals surface area contributed by atoms with E-state index in [4.69, 9.17) is 18.9 Å². The summed E-state index contributed by atoms with van der Waals surface area (Å²) in [4.78, 5) is 0. The van der Waals surface area contributed by atoms with Gasteiger partial charge >= 0.3 is 0 Å². The van der Waals surface area contributed by atoms with Crippen LogP contribution in [-0.2, 0) is 25.4 Å². The third-order valence-corrected chi connectivity index (χ3v) is 3.59. The van der Waals surface area contributed by atoms with Crippen molar-refractivity contribution in [1.82, 2.24) is 0 Å². The quantitative estimate of drug-likeness (QED) is 0.464. The van der Waals surface area contributed by atoms with E-state index < -0.39 is 0 Å². The van der Waals surface area contributed by atoms with Crippen LogP contribution < -0.4 is 0 Å². The lowest BCUT2D eigenvalue weighted by Crippen LogP contribution is -2.11. The zero-order chi connectivity index (χ0) is 16.6. The first-order valence-corrected chi connectivity index (χ1v) is 8.59. The molecule has 1 unspecified atom stereocenters. The van der Waals surface area contributed by atoms with Gasteiger partial charge in [-0.25, -0.2) is 0 Å². The van der Waals surface area contributed by atoms with Crippen LogP contribution in [0.15, 0.2) is 30.3 Å². The lowest BCUT2D eigenvalue weighted by molar-refractivity contribution is 0.00301. The van der Waals surface area contributed by atoms with Gasteiger partial charge in [0.05, 0.1) is 39.6 Å². The highest BCUT2D eigenvalue weighted by molar-refractivity contribution is 5.14. The molecule has 0 spiro atoms. The van der Waals surface area contributed by atoms with E-state index in [1.165, 1.54) is 12.0 Å². The standard InChI is InChI=1S/C19H32O4/c1-18(17-19-8-4-3-5-9-19)7-6-10-21-13-14-23-16-15-22-12-11-20-2/h3-5,8-9,18H,6-7,10-17H2,1-2H3. The minimum atomic E-state index is 0.611. The van der Waals surface area contributed by atoms with Crippen LogP contribution in [0.5, 0.6) is 0 Å². The minimum absolute atomic E-state index is 0.611. The largest absolute Gasteiger partial charge is 0.382 e. The first-order valence-electron chi connectivity index (χ1n) is 8.59. The summed E-state index contributed by atoms with van der Waals surface area (Å²) in [6.07, 6.45) is 3.45. The second-order valence-corrected chi connectivity index (χ2v) is 5.77. The van der Waals surface area contributed by atoms with E-state index in [1.54, 1.807) is 7.11 Å². The molecule has 132 valence electrons. The predicted octanol–water partition coefficient (Wildman–Crippen LogP) is 3.34. The summed E-state index contributed by atoms with van der Waals surface area (Å²) >= 11 is 0. The normalized spacial score (nSPS) is 12.4. The second-order valence-electron chi connectivity index (χ2n) is 5.77. The van der Waals surface area contributed by atoms with E-state index in [9.17, 15) is 0 Å². The highest BCUT2D eigenvalue weighted by Gasteiger charge is 2.03. The van der Waals surface area contributed by atoms with Crippen LogP contribution in [0, 0.1) is 5.92 Å². The zero-order valence-corrected chi connectivity index (χ0v) is 14.7. The van der Waals surface area contributed by atoms with E-state index >= 15 is 0 Å². The number of ether oxygens (including phenoxy) is 4. The van der Waals surface area contributed by atoms with Crippen molar-refractivity contribution in [2.45, 2.75) is 26.2 Å². The smallest absolute Gasteiger partial charge is 0.0701 e. The van der Waals surface area contributed by atoms with Gasteiger partial charge in [0.1, 0.15) is 0 Å². The molecular formula is C19H32O4. The fraction of sp³-hybridized carbons (Fsp3) is 0.684. The summed E-state index contributed by atoms with van der Waals surface area (Å²) in [5, 5.41) is 0. The topological polar surface area (TPSA) is 36.9 Å². The van der Waals surface area contributed by atoms with Crippen LogP contribution in [-0.4, -0.2) is 53.4 Å². The van der Waals surface area contributed by atoms with Gasteiger partial charge in [-0.1, -0.05) is 37.3 Å². The maximum absolute atomic E-state index is 5.59. The van der Waals surface area contributed by atoms with Gasteiger partial charge in [0.15, 0.2) is 0 Å². The first-order chi connectivity index (χ1) is 11.3. The summed E-state index contributed by atoms with van der Waals surface area (Å²) in [6, 6.07) is 10.7. The number of rotatable bonds is 15. The third-order valence-electron chi connectivity index (χ3n) is 3.59. The van der Waals surface area contributed by atoms with Crippen LogP contribution in [0.2, 0.25) is 0 Å². The van der Waals surface area contributed by atoms with Crippen LogP contribution in [0.3, 0.4) is 0 Å². The molecule has 23 heavy (non-hydrogen) atoms. The Hall–Kier alpha value is -0.940. The first kappa shape index (κ1) is 20.1. The van der Waals surface area contributed by atoms with Crippen LogP contribution in [0.25, 0.3) is 0 Å². The molecule has 1 rings (SSSR count). The maximum atomic E-state index is 5.59.